The molecule has 0 aliphatic carbocycles. The highest BCUT2D eigenvalue weighted by Crippen LogP contribution is 2.28. The van der Waals surface area contributed by atoms with Gasteiger partial charge < -0.3 is 14.5 Å². The maximum Gasteiger partial charge on any atom is 0.260 e. The standard InChI is InChI=1S/C20H29N3O3/c1-15-6-4-5-7-18(15)26-14-20(25)23-11-16-8-9-17(23)12-22(10-16)13-19(24)21(2)3/h4-7,16-17H,8-14H2,1-3H3/t16-,17+/m1/s1. The Morgan fingerprint density at radius 1 is 1.15 bits per heavy atom. The molecule has 3 aliphatic rings. The largest absolute Gasteiger partial charge is 0.484 e. The van der Waals surface area contributed by atoms with Crippen LogP contribution in [0.1, 0.15) is 18.4 Å². The second kappa shape index (κ2) is 8.08. The van der Waals surface area contributed by atoms with Gasteiger partial charge in [-0.15, -0.1) is 0 Å². The number of carbonyl (C=O) groups excluding carboxylic acids is 2. The van der Waals surface area contributed by atoms with E-state index in [4.69, 9.17) is 4.74 Å². The van der Waals surface area contributed by atoms with Gasteiger partial charge in [0, 0.05) is 39.8 Å². The minimum absolute atomic E-state index is 0.0451. The summed E-state index contributed by atoms with van der Waals surface area (Å²) in [4.78, 5) is 30.6. The number of para-hydroxylation sites is 1. The molecule has 0 unspecified atom stereocenters. The molecule has 1 aromatic rings. The third-order valence-corrected chi connectivity index (χ3v) is 5.41. The minimum atomic E-state index is 0.0451. The first kappa shape index (κ1) is 18.7. The van der Waals surface area contributed by atoms with Crippen LogP contribution >= 0.6 is 0 Å². The van der Waals surface area contributed by atoms with Crippen molar-refractivity contribution in [2.45, 2.75) is 25.8 Å². The number of fused-ring (bicyclic) bond motifs is 4. The summed E-state index contributed by atoms with van der Waals surface area (Å²) in [6, 6.07) is 7.93. The SMILES string of the molecule is Cc1ccccc1OCC(=O)N1C[C@@H]2CC[C@H]1CN(CC(=O)N(C)C)C2. The van der Waals surface area contributed by atoms with Crippen molar-refractivity contribution < 1.29 is 14.3 Å². The van der Waals surface area contributed by atoms with Crippen molar-refractivity contribution in [1.29, 1.82) is 0 Å². The third-order valence-electron chi connectivity index (χ3n) is 5.41. The molecule has 4 rings (SSSR count). The molecule has 2 bridgehead atoms. The molecule has 142 valence electrons. The zero-order valence-corrected chi connectivity index (χ0v) is 16.0. The molecule has 3 saturated heterocycles. The van der Waals surface area contributed by atoms with Crippen LogP contribution in [0.4, 0.5) is 0 Å². The summed E-state index contributed by atoms with van der Waals surface area (Å²) in [5, 5.41) is 0. The lowest BCUT2D eigenvalue weighted by molar-refractivity contribution is -0.137. The topological polar surface area (TPSA) is 53.1 Å². The van der Waals surface area contributed by atoms with Crippen LogP contribution in [-0.2, 0) is 9.59 Å². The highest BCUT2D eigenvalue weighted by molar-refractivity contribution is 5.79. The maximum absolute atomic E-state index is 12.8. The third kappa shape index (κ3) is 4.36. The molecular weight excluding hydrogens is 330 g/mol. The molecule has 6 nitrogen and oxygen atoms in total. The van der Waals surface area contributed by atoms with Gasteiger partial charge >= 0.3 is 0 Å². The molecule has 26 heavy (non-hydrogen) atoms. The Balaban J connectivity index is 1.60. The van der Waals surface area contributed by atoms with Crippen LogP contribution in [0.2, 0.25) is 0 Å². The molecule has 3 aliphatic heterocycles. The fourth-order valence-electron chi connectivity index (χ4n) is 3.89. The number of likely N-dealkylation sites (N-methyl/N-ethyl adjacent to an activating group) is 1. The second-order valence-corrected chi connectivity index (χ2v) is 7.68. The van der Waals surface area contributed by atoms with Gasteiger partial charge in [0.1, 0.15) is 5.75 Å². The first-order valence-electron chi connectivity index (χ1n) is 9.34. The van der Waals surface area contributed by atoms with Crippen molar-refractivity contribution in [3.05, 3.63) is 29.8 Å². The number of rotatable bonds is 5. The lowest BCUT2D eigenvalue weighted by Gasteiger charge is -2.36. The number of ether oxygens (including phenoxy) is 1. The first-order valence-corrected chi connectivity index (χ1v) is 9.34. The Morgan fingerprint density at radius 3 is 2.65 bits per heavy atom. The number of nitrogens with zero attached hydrogens (tertiary/aromatic N) is 3. The monoisotopic (exact) mass is 359 g/mol. The van der Waals surface area contributed by atoms with E-state index in [0.717, 1.165) is 43.8 Å². The summed E-state index contributed by atoms with van der Waals surface area (Å²) in [6.45, 7) is 4.91. The van der Waals surface area contributed by atoms with Crippen molar-refractivity contribution in [3.63, 3.8) is 0 Å². The summed E-state index contributed by atoms with van der Waals surface area (Å²) in [5.41, 5.74) is 1.03. The molecule has 0 saturated carbocycles. The van der Waals surface area contributed by atoms with E-state index in [0.29, 0.717) is 12.5 Å². The van der Waals surface area contributed by atoms with Crippen LogP contribution in [0.25, 0.3) is 0 Å². The van der Waals surface area contributed by atoms with Gasteiger partial charge in [-0.2, -0.15) is 0 Å². The average molecular weight is 359 g/mol. The van der Waals surface area contributed by atoms with E-state index >= 15 is 0 Å². The Kier molecular flexibility index (Phi) is 5.81. The van der Waals surface area contributed by atoms with E-state index in [1.165, 1.54) is 0 Å². The maximum atomic E-state index is 12.8. The van der Waals surface area contributed by atoms with Gasteiger partial charge in [-0.1, -0.05) is 18.2 Å². The Hall–Kier alpha value is -2.08. The van der Waals surface area contributed by atoms with Crippen molar-refractivity contribution in [2.75, 3.05) is 46.9 Å². The highest BCUT2D eigenvalue weighted by atomic mass is 16.5. The molecule has 3 fully saturated rings. The molecule has 6 heteroatoms. The van der Waals surface area contributed by atoms with Gasteiger partial charge in [0.15, 0.2) is 6.61 Å². The smallest absolute Gasteiger partial charge is 0.260 e. The number of aryl methyl sites for hydroxylation is 1. The van der Waals surface area contributed by atoms with Gasteiger partial charge in [0.05, 0.1) is 6.54 Å². The van der Waals surface area contributed by atoms with E-state index < -0.39 is 0 Å². The normalized spacial score (nSPS) is 22.8. The van der Waals surface area contributed by atoms with E-state index in [-0.39, 0.29) is 24.5 Å². The molecule has 0 radical (unpaired) electrons. The number of hydrogen-bond acceptors (Lipinski definition) is 4. The summed E-state index contributed by atoms with van der Waals surface area (Å²) in [5.74, 6) is 1.36. The fourth-order valence-corrected chi connectivity index (χ4v) is 3.89. The summed E-state index contributed by atoms with van der Waals surface area (Å²) in [6.07, 6.45) is 2.13. The highest BCUT2D eigenvalue weighted by Gasteiger charge is 2.37. The number of hydrogen-bond donors (Lipinski definition) is 0. The van der Waals surface area contributed by atoms with Crippen molar-refractivity contribution >= 4 is 11.8 Å². The van der Waals surface area contributed by atoms with Crippen molar-refractivity contribution in [3.8, 4) is 5.75 Å². The molecule has 0 spiro atoms. The van der Waals surface area contributed by atoms with Crippen LogP contribution in [-0.4, -0.2) is 79.4 Å². The summed E-state index contributed by atoms with van der Waals surface area (Å²) < 4.78 is 5.76. The van der Waals surface area contributed by atoms with Crippen LogP contribution < -0.4 is 4.74 Å². The van der Waals surface area contributed by atoms with E-state index in [2.05, 4.69) is 4.90 Å². The summed E-state index contributed by atoms with van der Waals surface area (Å²) >= 11 is 0. The van der Waals surface area contributed by atoms with Crippen LogP contribution in [0.3, 0.4) is 0 Å². The predicted octanol–water partition coefficient (Wildman–Crippen LogP) is 1.38. The Bertz CT molecular complexity index is 661. The molecule has 1 aromatic carbocycles. The Morgan fingerprint density at radius 2 is 1.92 bits per heavy atom. The second-order valence-electron chi connectivity index (χ2n) is 7.68. The molecule has 0 N–H and O–H groups in total. The Labute approximate surface area is 155 Å². The van der Waals surface area contributed by atoms with Gasteiger partial charge in [-0.05, 0) is 37.3 Å². The first-order chi connectivity index (χ1) is 12.4. The number of amides is 2. The van der Waals surface area contributed by atoms with Gasteiger partial charge in [0.25, 0.3) is 5.91 Å². The zero-order valence-electron chi connectivity index (χ0n) is 16.0. The van der Waals surface area contributed by atoms with Crippen LogP contribution in [0, 0.1) is 12.8 Å². The molecular formula is C20H29N3O3. The molecule has 0 aromatic heterocycles. The van der Waals surface area contributed by atoms with Crippen LogP contribution in [0.5, 0.6) is 5.75 Å². The zero-order chi connectivity index (χ0) is 18.7. The average Bonchev–Trinajstić information content (AvgIpc) is 2.91. The van der Waals surface area contributed by atoms with Crippen molar-refractivity contribution in [2.24, 2.45) is 5.92 Å². The van der Waals surface area contributed by atoms with E-state index in [1.807, 2.05) is 36.1 Å². The van der Waals surface area contributed by atoms with Gasteiger partial charge in [-0.25, -0.2) is 0 Å². The number of benzene rings is 1. The minimum Gasteiger partial charge on any atom is -0.484 e. The van der Waals surface area contributed by atoms with Gasteiger partial charge in [-0.3, -0.25) is 14.5 Å². The quantitative estimate of drug-likeness (QED) is 0.797. The fraction of sp³-hybridized carbons (Fsp3) is 0.600. The molecule has 3 heterocycles. The lowest BCUT2D eigenvalue weighted by atomic mass is 9.95. The van der Waals surface area contributed by atoms with E-state index in [9.17, 15) is 9.59 Å². The summed E-state index contributed by atoms with van der Waals surface area (Å²) in [7, 11) is 3.57. The van der Waals surface area contributed by atoms with E-state index in [1.54, 1.807) is 19.0 Å². The molecule has 2 atom stereocenters. The number of piperidine rings is 1. The lowest BCUT2D eigenvalue weighted by Crippen LogP contribution is -2.49. The molecule has 2 amide bonds. The van der Waals surface area contributed by atoms with Crippen molar-refractivity contribution in [1.82, 2.24) is 14.7 Å². The van der Waals surface area contributed by atoms with Gasteiger partial charge in [0.2, 0.25) is 5.91 Å². The number of carbonyl (C=O) groups is 2. The predicted molar refractivity (Wildman–Crippen MR) is 100 cm³/mol. The van der Waals surface area contributed by atoms with Crippen LogP contribution in [0.15, 0.2) is 24.3 Å².